The van der Waals surface area contributed by atoms with Gasteiger partial charge in [0.15, 0.2) is 0 Å². The van der Waals surface area contributed by atoms with E-state index >= 15 is 0 Å². The smallest absolute Gasteiger partial charge is 0.241 e. The van der Waals surface area contributed by atoms with Crippen LogP contribution in [0.25, 0.3) is 10.8 Å². The Kier molecular flexibility index (Phi) is 6.39. The molecule has 2 aromatic rings. The Morgan fingerprint density at radius 1 is 1.00 bits per heavy atom. The number of rotatable bonds is 5. The number of piperidine rings is 1. The molecule has 4 rings (SSSR count). The summed E-state index contributed by atoms with van der Waals surface area (Å²) < 4.78 is 29.7. The number of nitrogens with zero attached hydrogens (tertiary/aromatic N) is 2. The number of benzene rings is 2. The standard InChI is InChI=1S/C22H28IN3O3S/c1-15(2)25-10-7-19(8-11-25)26-12-9-21(22(26)27)24-30(28,29)20-6-4-16-13-18(23)5-3-17(16)14-20/h3-6,13-15,19,21,24H,7-12H2,1-2H3/t21-/m0/s1. The summed E-state index contributed by atoms with van der Waals surface area (Å²) in [5.74, 6) is -0.0862. The molecule has 0 unspecified atom stereocenters. The fraction of sp³-hybridized carbons (Fsp3) is 0.500. The monoisotopic (exact) mass is 541 g/mol. The summed E-state index contributed by atoms with van der Waals surface area (Å²) in [5.41, 5.74) is 0. The first-order valence-electron chi connectivity index (χ1n) is 10.5. The van der Waals surface area contributed by atoms with Crippen LogP contribution in [0.3, 0.4) is 0 Å². The Morgan fingerprint density at radius 3 is 2.37 bits per heavy atom. The highest BCUT2D eigenvalue weighted by atomic mass is 127. The normalized spacial score (nSPS) is 21.8. The van der Waals surface area contributed by atoms with Gasteiger partial charge >= 0.3 is 0 Å². The van der Waals surface area contributed by atoms with Gasteiger partial charge in [0.2, 0.25) is 15.9 Å². The first-order valence-corrected chi connectivity index (χ1v) is 13.1. The minimum atomic E-state index is -3.76. The van der Waals surface area contributed by atoms with E-state index in [1.54, 1.807) is 12.1 Å². The molecule has 1 atom stereocenters. The molecular weight excluding hydrogens is 513 g/mol. The van der Waals surface area contributed by atoms with Gasteiger partial charge in [0.1, 0.15) is 6.04 Å². The minimum Gasteiger partial charge on any atom is -0.338 e. The Bertz CT molecular complexity index is 1050. The van der Waals surface area contributed by atoms with Crippen LogP contribution in [-0.4, -0.2) is 61.9 Å². The van der Waals surface area contributed by atoms with Crippen LogP contribution in [0.15, 0.2) is 41.3 Å². The second kappa shape index (κ2) is 8.72. The average molecular weight is 541 g/mol. The van der Waals surface area contributed by atoms with Gasteiger partial charge in [-0.25, -0.2) is 8.42 Å². The van der Waals surface area contributed by atoms with Crippen LogP contribution in [0.1, 0.15) is 33.1 Å². The number of likely N-dealkylation sites (tertiary alicyclic amines) is 2. The van der Waals surface area contributed by atoms with E-state index in [0.29, 0.717) is 19.0 Å². The topological polar surface area (TPSA) is 69.7 Å². The first-order chi connectivity index (χ1) is 14.2. The molecule has 2 aromatic carbocycles. The summed E-state index contributed by atoms with van der Waals surface area (Å²) in [4.78, 5) is 17.5. The molecule has 0 saturated carbocycles. The van der Waals surface area contributed by atoms with E-state index in [9.17, 15) is 13.2 Å². The van der Waals surface area contributed by atoms with E-state index in [1.807, 2.05) is 29.2 Å². The number of amides is 1. The molecule has 30 heavy (non-hydrogen) atoms. The maximum absolute atomic E-state index is 13.0. The van der Waals surface area contributed by atoms with Gasteiger partial charge in [-0.2, -0.15) is 4.72 Å². The summed E-state index contributed by atoms with van der Waals surface area (Å²) in [7, 11) is -3.76. The van der Waals surface area contributed by atoms with Crippen molar-refractivity contribution in [1.29, 1.82) is 0 Å². The van der Waals surface area contributed by atoms with Crippen molar-refractivity contribution in [1.82, 2.24) is 14.5 Å². The number of nitrogens with one attached hydrogen (secondary N) is 1. The summed E-state index contributed by atoms with van der Waals surface area (Å²) >= 11 is 2.24. The zero-order valence-corrected chi connectivity index (χ0v) is 20.3. The van der Waals surface area contributed by atoms with Gasteiger partial charge in [-0.15, -0.1) is 0 Å². The molecule has 2 heterocycles. The molecule has 0 radical (unpaired) electrons. The highest BCUT2D eigenvalue weighted by molar-refractivity contribution is 14.1. The lowest BCUT2D eigenvalue weighted by Gasteiger charge is -2.38. The molecule has 8 heteroatoms. The van der Waals surface area contributed by atoms with Crippen molar-refractivity contribution < 1.29 is 13.2 Å². The Hall–Kier alpha value is -1.23. The molecule has 0 spiro atoms. The van der Waals surface area contributed by atoms with Crippen LogP contribution in [0.5, 0.6) is 0 Å². The molecule has 162 valence electrons. The molecular formula is C22H28IN3O3S. The van der Waals surface area contributed by atoms with Gasteiger partial charge in [0, 0.05) is 35.3 Å². The molecule has 1 amide bonds. The summed E-state index contributed by atoms with van der Waals surface area (Å²) in [6.07, 6.45) is 2.42. The molecule has 0 bridgehead atoms. The van der Waals surface area contributed by atoms with E-state index in [4.69, 9.17) is 0 Å². The molecule has 2 saturated heterocycles. The van der Waals surface area contributed by atoms with Crippen molar-refractivity contribution >= 4 is 49.3 Å². The summed E-state index contributed by atoms with van der Waals surface area (Å²) in [5, 5.41) is 1.87. The van der Waals surface area contributed by atoms with E-state index in [2.05, 4.69) is 46.1 Å². The number of carbonyl (C=O) groups excluding carboxylic acids is 1. The second-order valence-corrected chi connectivity index (χ2v) is 11.5. The number of hydrogen-bond donors (Lipinski definition) is 1. The van der Waals surface area contributed by atoms with Crippen LogP contribution < -0.4 is 4.72 Å². The van der Waals surface area contributed by atoms with Gasteiger partial charge < -0.3 is 9.80 Å². The lowest BCUT2D eigenvalue weighted by Crippen LogP contribution is -2.49. The molecule has 0 aromatic heterocycles. The highest BCUT2D eigenvalue weighted by Crippen LogP contribution is 2.25. The van der Waals surface area contributed by atoms with Crippen LogP contribution in [-0.2, 0) is 14.8 Å². The fourth-order valence-corrected chi connectivity index (χ4v) is 6.28. The van der Waals surface area contributed by atoms with Crippen molar-refractivity contribution in [2.24, 2.45) is 0 Å². The first kappa shape index (κ1) is 22.0. The van der Waals surface area contributed by atoms with Gasteiger partial charge in [-0.1, -0.05) is 12.1 Å². The van der Waals surface area contributed by atoms with Gasteiger partial charge in [-0.3, -0.25) is 4.79 Å². The quantitative estimate of drug-likeness (QED) is 0.591. The Balaban J connectivity index is 1.44. The average Bonchev–Trinajstić information content (AvgIpc) is 3.07. The van der Waals surface area contributed by atoms with Crippen LogP contribution in [0, 0.1) is 3.57 Å². The number of carbonyl (C=O) groups is 1. The largest absolute Gasteiger partial charge is 0.338 e. The van der Waals surface area contributed by atoms with Crippen molar-refractivity contribution in [2.45, 2.75) is 56.1 Å². The number of halogens is 1. The number of hydrogen-bond acceptors (Lipinski definition) is 4. The Labute approximate surface area is 192 Å². The third kappa shape index (κ3) is 4.51. The summed E-state index contributed by atoms with van der Waals surface area (Å²) in [6.45, 7) is 6.98. The summed E-state index contributed by atoms with van der Waals surface area (Å²) in [6, 6.07) is 11.0. The van der Waals surface area contributed by atoms with Gasteiger partial charge in [0.25, 0.3) is 0 Å². The maximum atomic E-state index is 13.0. The van der Waals surface area contributed by atoms with Crippen LogP contribution >= 0.6 is 22.6 Å². The van der Waals surface area contributed by atoms with Gasteiger partial charge in [-0.05, 0) is 90.7 Å². The number of fused-ring (bicyclic) bond motifs is 1. The molecule has 2 aliphatic heterocycles. The van der Waals surface area contributed by atoms with E-state index in [1.165, 1.54) is 0 Å². The van der Waals surface area contributed by atoms with Gasteiger partial charge in [0.05, 0.1) is 4.90 Å². The Morgan fingerprint density at radius 2 is 1.67 bits per heavy atom. The lowest BCUT2D eigenvalue weighted by atomic mass is 10.0. The van der Waals surface area contributed by atoms with Crippen LogP contribution in [0.2, 0.25) is 0 Å². The second-order valence-electron chi connectivity index (χ2n) is 8.51. The van der Waals surface area contributed by atoms with Crippen molar-refractivity contribution in [3.05, 3.63) is 40.0 Å². The minimum absolute atomic E-state index is 0.0862. The SMILES string of the molecule is CC(C)N1CCC(N2CC[C@H](NS(=O)(=O)c3ccc4cc(I)ccc4c3)C2=O)CC1. The predicted octanol–water partition coefficient (Wildman–Crippen LogP) is 3.20. The van der Waals surface area contributed by atoms with Crippen molar-refractivity contribution in [3.63, 3.8) is 0 Å². The lowest BCUT2D eigenvalue weighted by molar-refractivity contribution is -0.131. The van der Waals surface area contributed by atoms with Crippen LogP contribution in [0.4, 0.5) is 0 Å². The zero-order chi connectivity index (χ0) is 21.5. The van der Waals surface area contributed by atoms with E-state index < -0.39 is 16.1 Å². The maximum Gasteiger partial charge on any atom is 0.241 e. The zero-order valence-electron chi connectivity index (χ0n) is 17.3. The number of sulfonamides is 1. The molecule has 6 nitrogen and oxygen atoms in total. The third-order valence-corrected chi connectivity index (χ3v) is 8.43. The molecule has 2 aliphatic rings. The van der Waals surface area contributed by atoms with E-state index in [-0.39, 0.29) is 16.8 Å². The molecule has 1 N–H and O–H groups in total. The van der Waals surface area contributed by atoms with Crippen molar-refractivity contribution in [2.75, 3.05) is 19.6 Å². The third-order valence-electron chi connectivity index (χ3n) is 6.29. The molecule has 0 aliphatic carbocycles. The van der Waals surface area contributed by atoms with Crippen molar-refractivity contribution in [3.8, 4) is 0 Å². The fourth-order valence-electron chi connectivity index (χ4n) is 4.50. The predicted molar refractivity (Wildman–Crippen MR) is 127 cm³/mol. The molecule has 2 fully saturated rings. The highest BCUT2D eigenvalue weighted by Gasteiger charge is 2.39. The van der Waals surface area contributed by atoms with E-state index in [0.717, 1.165) is 40.3 Å².